The van der Waals surface area contributed by atoms with Gasteiger partial charge >= 0.3 is 0 Å². The van der Waals surface area contributed by atoms with Crippen LogP contribution in [0.15, 0.2) is 6.20 Å². The molecule has 0 bridgehead atoms. The van der Waals surface area contributed by atoms with E-state index in [1.54, 1.807) is 7.11 Å². The van der Waals surface area contributed by atoms with E-state index in [1.807, 2.05) is 13.1 Å². The molecule has 3 rings (SSSR count). The summed E-state index contributed by atoms with van der Waals surface area (Å²) >= 11 is 0. The molecular formula is C15H23N3O. The Bertz CT molecular complexity index is 445. The lowest BCUT2D eigenvalue weighted by Crippen LogP contribution is -2.29. The van der Waals surface area contributed by atoms with Gasteiger partial charge in [-0.15, -0.1) is 0 Å². The van der Waals surface area contributed by atoms with Crippen molar-refractivity contribution in [2.24, 2.45) is 5.92 Å². The SMILES string of the molecule is COC(C)c1ncc2c(n1)CCC(CNC1CC1)C2. The molecule has 1 fully saturated rings. The third kappa shape index (κ3) is 3.12. The van der Waals surface area contributed by atoms with Crippen molar-refractivity contribution in [3.63, 3.8) is 0 Å². The van der Waals surface area contributed by atoms with Crippen molar-refractivity contribution >= 4 is 0 Å². The van der Waals surface area contributed by atoms with E-state index in [0.29, 0.717) is 0 Å². The van der Waals surface area contributed by atoms with Crippen LogP contribution < -0.4 is 5.32 Å². The molecule has 0 radical (unpaired) electrons. The smallest absolute Gasteiger partial charge is 0.157 e. The Hall–Kier alpha value is -1.00. The molecule has 1 saturated carbocycles. The second kappa shape index (κ2) is 5.55. The van der Waals surface area contributed by atoms with E-state index < -0.39 is 0 Å². The molecule has 2 unspecified atom stereocenters. The van der Waals surface area contributed by atoms with Gasteiger partial charge in [-0.2, -0.15) is 0 Å². The van der Waals surface area contributed by atoms with Gasteiger partial charge in [0.05, 0.1) is 0 Å². The van der Waals surface area contributed by atoms with Gasteiger partial charge in [0, 0.05) is 25.0 Å². The monoisotopic (exact) mass is 261 g/mol. The van der Waals surface area contributed by atoms with Gasteiger partial charge in [0.25, 0.3) is 0 Å². The first-order valence-electron chi connectivity index (χ1n) is 7.37. The maximum atomic E-state index is 5.29. The number of rotatable bonds is 5. The zero-order valence-electron chi connectivity index (χ0n) is 11.9. The molecular weight excluding hydrogens is 238 g/mol. The van der Waals surface area contributed by atoms with Crippen molar-refractivity contribution in [1.29, 1.82) is 0 Å². The van der Waals surface area contributed by atoms with Crippen LogP contribution in [0, 0.1) is 5.92 Å². The number of aromatic nitrogens is 2. The van der Waals surface area contributed by atoms with E-state index in [2.05, 4.69) is 15.3 Å². The standard InChI is InChI=1S/C15H23N3O/c1-10(19-2)15-17-9-12-7-11(3-6-14(12)18-15)8-16-13-4-5-13/h9-11,13,16H,3-8H2,1-2H3. The average molecular weight is 261 g/mol. The number of nitrogens with one attached hydrogen (secondary N) is 1. The lowest BCUT2D eigenvalue weighted by Gasteiger charge is -2.24. The van der Waals surface area contributed by atoms with Gasteiger partial charge in [-0.1, -0.05) is 0 Å². The van der Waals surface area contributed by atoms with E-state index in [9.17, 15) is 0 Å². The summed E-state index contributed by atoms with van der Waals surface area (Å²) in [5, 5.41) is 3.64. The van der Waals surface area contributed by atoms with Gasteiger partial charge in [0.15, 0.2) is 5.82 Å². The summed E-state index contributed by atoms with van der Waals surface area (Å²) in [4.78, 5) is 9.12. The lowest BCUT2D eigenvalue weighted by atomic mass is 9.87. The molecule has 0 aromatic carbocycles. The fourth-order valence-electron chi connectivity index (χ4n) is 2.69. The molecule has 2 atom stereocenters. The highest BCUT2D eigenvalue weighted by molar-refractivity contribution is 5.22. The molecule has 0 aliphatic heterocycles. The summed E-state index contributed by atoms with van der Waals surface area (Å²) in [7, 11) is 1.70. The molecule has 104 valence electrons. The van der Waals surface area contributed by atoms with E-state index in [4.69, 9.17) is 4.74 Å². The number of methoxy groups -OCH3 is 1. The molecule has 0 amide bonds. The van der Waals surface area contributed by atoms with Crippen molar-refractivity contribution in [2.75, 3.05) is 13.7 Å². The molecule has 1 aromatic heterocycles. The van der Waals surface area contributed by atoms with Gasteiger partial charge in [-0.05, 0) is 57.1 Å². The van der Waals surface area contributed by atoms with Gasteiger partial charge < -0.3 is 10.1 Å². The van der Waals surface area contributed by atoms with Crippen LogP contribution in [0.2, 0.25) is 0 Å². The second-order valence-corrected chi connectivity index (χ2v) is 5.87. The molecule has 4 heteroatoms. The molecule has 2 aliphatic carbocycles. The van der Waals surface area contributed by atoms with Crippen molar-refractivity contribution in [2.45, 2.75) is 51.2 Å². The van der Waals surface area contributed by atoms with Crippen LogP contribution in [0.4, 0.5) is 0 Å². The Morgan fingerprint density at radius 3 is 3.00 bits per heavy atom. The first-order chi connectivity index (χ1) is 9.26. The highest BCUT2D eigenvalue weighted by Crippen LogP contribution is 2.26. The number of ether oxygens (including phenoxy) is 1. The molecule has 4 nitrogen and oxygen atoms in total. The van der Waals surface area contributed by atoms with Crippen LogP contribution in [0.5, 0.6) is 0 Å². The van der Waals surface area contributed by atoms with Crippen molar-refractivity contribution in [1.82, 2.24) is 15.3 Å². The highest BCUT2D eigenvalue weighted by Gasteiger charge is 2.25. The van der Waals surface area contributed by atoms with Crippen LogP contribution in [-0.2, 0) is 17.6 Å². The lowest BCUT2D eigenvalue weighted by molar-refractivity contribution is 0.111. The first kappa shape index (κ1) is 13.0. The van der Waals surface area contributed by atoms with Crippen LogP contribution in [0.3, 0.4) is 0 Å². The number of aryl methyl sites for hydroxylation is 1. The largest absolute Gasteiger partial charge is 0.374 e. The van der Waals surface area contributed by atoms with E-state index >= 15 is 0 Å². The molecule has 19 heavy (non-hydrogen) atoms. The fourth-order valence-corrected chi connectivity index (χ4v) is 2.69. The van der Waals surface area contributed by atoms with Crippen molar-refractivity contribution in [3.05, 3.63) is 23.3 Å². The van der Waals surface area contributed by atoms with E-state index in [-0.39, 0.29) is 6.10 Å². The summed E-state index contributed by atoms with van der Waals surface area (Å²) < 4.78 is 5.29. The zero-order chi connectivity index (χ0) is 13.2. The molecule has 1 N–H and O–H groups in total. The number of hydrogen-bond donors (Lipinski definition) is 1. The first-order valence-corrected chi connectivity index (χ1v) is 7.37. The Morgan fingerprint density at radius 2 is 2.26 bits per heavy atom. The summed E-state index contributed by atoms with van der Waals surface area (Å²) in [5.41, 5.74) is 2.57. The summed E-state index contributed by atoms with van der Waals surface area (Å²) in [5.74, 6) is 1.57. The number of fused-ring (bicyclic) bond motifs is 1. The predicted molar refractivity (Wildman–Crippen MR) is 74.0 cm³/mol. The highest BCUT2D eigenvalue weighted by atomic mass is 16.5. The number of nitrogens with zero attached hydrogens (tertiary/aromatic N) is 2. The Balaban J connectivity index is 1.64. The minimum atomic E-state index is -0.0143. The van der Waals surface area contributed by atoms with Crippen LogP contribution in [0.25, 0.3) is 0 Å². The maximum absolute atomic E-state index is 5.29. The third-order valence-electron chi connectivity index (χ3n) is 4.26. The van der Waals surface area contributed by atoms with Gasteiger partial charge in [-0.25, -0.2) is 9.97 Å². The van der Waals surface area contributed by atoms with Gasteiger partial charge in [0.1, 0.15) is 6.10 Å². The van der Waals surface area contributed by atoms with Crippen molar-refractivity contribution < 1.29 is 4.74 Å². The Labute approximate surface area is 115 Å². The Morgan fingerprint density at radius 1 is 1.42 bits per heavy atom. The van der Waals surface area contributed by atoms with Gasteiger partial charge in [-0.3, -0.25) is 0 Å². The summed E-state index contributed by atoms with van der Waals surface area (Å²) in [6, 6.07) is 0.808. The fraction of sp³-hybridized carbons (Fsp3) is 0.733. The molecule has 1 aromatic rings. The van der Waals surface area contributed by atoms with E-state index in [0.717, 1.165) is 37.2 Å². The average Bonchev–Trinajstić information content (AvgIpc) is 3.27. The van der Waals surface area contributed by atoms with Gasteiger partial charge in [0.2, 0.25) is 0 Å². The normalized spacial score (nSPS) is 24.0. The number of hydrogen-bond acceptors (Lipinski definition) is 4. The minimum absolute atomic E-state index is 0.0143. The molecule has 0 spiro atoms. The predicted octanol–water partition coefficient (Wildman–Crippen LogP) is 2.04. The molecule has 1 heterocycles. The van der Waals surface area contributed by atoms with Crippen molar-refractivity contribution in [3.8, 4) is 0 Å². The van der Waals surface area contributed by atoms with Crippen LogP contribution in [-0.4, -0.2) is 29.7 Å². The Kier molecular flexibility index (Phi) is 3.80. The summed E-state index contributed by atoms with van der Waals surface area (Å²) in [6.45, 7) is 3.15. The van der Waals surface area contributed by atoms with Crippen LogP contribution >= 0.6 is 0 Å². The topological polar surface area (TPSA) is 47.0 Å². The van der Waals surface area contributed by atoms with Crippen LogP contribution in [0.1, 0.15) is 49.4 Å². The van der Waals surface area contributed by atoms with E-state index in [1.165, 1.54) is 30.5 Å². The summed E-state index contributed by atoms with van der Waals surface area (Å²) in [6.07, 6.45) is 8.17. The quantitative estimate of drug-likeness (QED) is 0.881. The molecule has 2 aliphatic rings. The zero-order valence-corrected chi connectivity index (χ0v) is 11.9. The second-order valence-electron chi connectivity index (χ2n) is 5.87. The molecule has 0 saturated heterocycles. The third-order valence-corrected chi connectivity index (χ3v) is 4.26. The maximum Gasteiger partial charge on any atom is 0.157 e. The minimum Gasteiger partial charge on any atom is -0.374 e.